The molecule has 0 spiro atoms. The molecule has 0 unspecified atom stereocenters. The monoisotopic (exact) mass is 402 g/mol. The van der Waals surface area contributed by atoms with Gasteiger partial charge in [0.15, 0.2) is 0 Å². The van der Waals surface area contributed by atoms with Gasteiger partial charge in [-0.15, -0.1) is 13.2 Å². The number of carbonyl (C=O) groups excluding carboxylic acids is 2. The van der Waals surface area contributed by atoms with Gasteiger partial charge in [0.05, 0.1) is 0 Å². The Balaban J connectivity index is 1.76. The molecule has 1 fully saturated rings. The number of likely N-dealkylation sites (tertiary alicyclic amines) is 1. The van der Waals surface area contributed by atoms with Gasteiger partial charge in [-0.1, -0.05) is 0 Å². The van der Waals surface area contributed by atoms with Crippen molar-refractivity contribution in [3.63, 3.8) is 0 Å². The zero-order valence-electron chi connectivity index (χ0n) is 16.1. The lowest BCUT2D eigenvalue weighted by Gasteiger charge is -2.33. The normalized spacial score (nSPS) is 15.9. The predicted molar refractivity (Wildman–Crippen MR) is 96.9 cm³/mol. The smallest absolute Gasteiger partial charge is 0.444 e. The Morgan fingerprint density at radius 3 is 2.18 bits per heavy atom. The molecule has 0 radical (unpaired) electrons. The fraction of sp³-hybridized carbons (Fsp3) is 0.579. The molecule has 1 N–H and O–H groups in total. The third-order valence-corrected chi connectivity index (χ3v) is 4.11. The summed E-state index contributed by atoms with van der Waals surface area (Å²) in [5.74, 6) is -0.438. The minimum absolute atomic E-state index is 0.131. The number of carbonyl (C=O) groups is 2. The highest BCUT2D eigenvalue weighted by Gasteiger charge is 2.31. The van der Waals surface area contributed by atoms with Crippen LogP contribution in [0.15, 0.2) is 24.3 Å². The lowest BCUT2D eigenvalue weighted by molar-refractivity contribution is -0.274. The lowest BCUT2D eigenvalue weighted by Crippen LogP contribution is -2.42. The Labute approximate surface area is 162 Å². The molecule has 1 aromatic carbocycles. The summed E-state index contributed by atoms with van der Waals surface area (Å²) in [7, 11) is 0. The second-order valence-corrected chi connectivity index (χ2v) is 7.74. The molecule has 28 heavy (non-hydrogen) atoms. The molecule has 0 saturated carbocycles. The van der Waals surface area contributed by atoms with Crippen LogP contribution in [0.1, 0.15) is 40.0 Å². The first-order valence-corrected chi connectivity index (χ1v) is 9.05. The molecule has 0 aromatic heterocycles. The van der Waals surface area contributed by atoms with Crippen LogP contribution in [0.3, 0.4) is 0 Å². The maximum absolute atomic E-state index is 12.2. The molecule has 0 atom stereocenters. The first kappa shape index (κ1) is 21.8. The van der Waals surface area contributed by atoms with Crippen LogP contribution in [0.4, 0.5) is 23.7 Å². The zero-order chi connectivity index (χ0) is 20.9. The van der Waals surface area contributed by atoms with Crippen LogP contribution in [0, 0.1) is 5.92 Å². The average Bonchev–Trinajstić information content (AvgIpc) is 2.54. The van der Waals surface area contributed by atoms with Crippen LogP contribution in [-0.2, 0) is 9.53 Å². The van der Waals surface area contributed by atoms with Crippen LogP contribution < -0.4 is 10.1 Å². The summed E-state index contributed by atoms with van der Waals surface area (Å²) in [6, 6.07) is 4.99. The molecule has 1 aliphatic heterocycles. The number of hydrogen-bond acceptors (Lipinski definition) is 4. The fourth-order valence-corrected chi connectivity index (χ4v) is 2.86. The number of halogens is 3. The highest BCUT2D eigenvalue weighted by atomic mass is 19.4. The Morgan fingerprint density at radius 1 is 1.11 bits per heavy atom. The van der Waals surface area contributed by atoms with Gasteiger partial charge in [0.1, 0.15) is 11.4 Å². The van der Waals surface area contributed by atoms with Crippen molar-refractivity contribution < 1.29 is 32.2 Å². The van der Waals surface area contributed by atoms with Gasteiger partial charge < -0.3 is 19.7 Å². The molecule has 1 aliphatic rings. The maximum Gasteiger partial charge on any atom is 0.573 e. The number of amides is 2. The first-order chi connectivity index (χ1) is 12.9. The summed E-state index contributed by atoms with van der Waals surface area (Å²) in [5, 5.41) is 2.66. The van der Waals surface area contributed by atoms with E-state index in [-0.39, 0.29) is 30.1 Å². The number of anilines is 1. The Bertz CT molecular complexity index is 676. The number of alkyl halides is 3. The third-order valence-electron chi connectivity index (χ3n) is 4.11. The summed E-state index contributed by atoms with van der Waals surface area (Å²) in [6.45, 7) is 6.48. The second-order valence-electron chi connectivity index (χ2n) is 7.74. The zero-order valence-corrected chi connectivity index (χ0v) is 16.1. The van der Waals surface area contributed by atoms with Crippen molar-refractivity contribution in [2.75, 3.05) is 18.4 Å². The van der Waals surface area contributed by atoms with Gasteiger partial charge in [-0.25, -0.2) is 4.79 Å². The largest absolute Gasteiger partial charge is 0.573 e. The minimum atomic E-state index is -4.75. The quantitative estimate of drug-likeness (QED) is 0.802. The molecular weight excluding hydrogens is 377 g/mol. The molecule has 1 heterocycles. The van der Waals surface area contributed by atoms with E-state index in [9.17, 15) is 22.8 Å². The van der Waals surface area contributed by atoms with E-state index in [2.05, 4.69) is 10.1 Å². The van der Waals surface area contributed by atoms with E-state index in [4.69, 9.17) is 4.74 Å². The van der Waals surface area contributed by atoms with Crippen molar-refractivity contribution in [2.45, 2.75) is 52.0 Å². The number of benzene rings is 1. The van der Waals surface area contributed by atoms with E-state index in [0.717, 1.165) is 12.1 Å². The van der Waals surface area contributed by atoms with Crippen molar-refractivity contribution in [1.82, 2.24) is 4.90 Å². The summed E-state index contributed by atoms with van der Waals surface area (Å²) in [4.78, 5) is 25.8. The molecule has 9 heteroatoms. The lowest BCUT2D eigenvalue weighted by atomic mass is 9.93. The fourth-order valence-electron chi connectivity index (χ4n) is 2.86. The van der Waals surface area contributed by atoms with E-state index in [1.54, 1.807) is 4.90 Å². The standard InChI is InChI=1S/C19H25F3N2O4/c1-18(2,3)28-17(26)24-10-8-13(9-11-24)12-16(25)23-14-4-6-15(7-5-14)27-19(20,21)22/h4-7,13H,8-12H2,1-3H3,(H,23,25). The molecule has 2 amide bonds. The van der Waals surface area contributed by atoms with E-state index < -0.39 is 12.0 Å². The second kappa shape index (κ2) is 8.70. The number of nitrogens with zero attached hydrogens (tertiary/aromatic N) is 1. The molecule has 1 aromatic rings. The topological polar surface area (TPSA) is 67.9 Å². The van der Waals surface area contributed by atoms with Gasteiger partial charge in [-0.05, 0) is 63.8 Å². The molecule has 1 saturated heterocycles. The van der Waals surface area contributed by atoms with Gasteiger partial charge in [0, 0.05) is 25.2 Å². The van der Waals surface area contributed by atoms with E-state index in [1.165, 1.54) is 12.1 Å². The van der Waals surface area contributed by atoms with Gasteiger partial charge in [-0.3, -0.25) is 4.79 Å². The van der Waals surface area contributed by atoms with Crippen molar-refractivity contribution in [3.05, 3.63) is 24.3 Å². The average molecular weight is 402 g/mol. The summed E-state index contributed by atoms with van der Waals surface area (Å²) < 4.78 is 45.6. The summed E-state index contributed by atoms with van der Waals surface area (Å²) >= 11 is 0. The van der Waals surface area contributed by atoms with Crippen molar-refractivity contribution in [2.24, 2.45) is 5.92 Å². The Morgan fingerprint density at radius 2 is 1.68 bits per heavy atom. The minimum Gasteiger partial charge on any atom is -0.444 e. The molecule has 2 rings (SSSR count). The molecule has 156 valence electrons. The maximum atomic E-state index is 12.2. The number of hydrogen-bond donors (Lipinski definition) is 1. The highest BCUT2D eigenvalue weighted by Crippen LogP contribution is 2.25. The van der Waals surface area contributed by atoms with Gasteiger partial charge in [-0.2, -0.15) is 0 Å². The molecule has 6 nitrogen and oxygen atoms in total. The van der Waals surface area contributed by atoms with E-state index in [0.29, 0.717) is 31.6 Å². The van der Waals surface area contributed by atoms with Crippen LogP contribution in [0.25, 0.3) is 0 Å². The molecule has 0 bridgehead atoms. The van der Waals surface area contributed by atoms with E-state index >= 15 is 0 Å². The Hall–Kier alpha value is -2.45. The predicted octanol–water partition coefficient (Wildman–Crippen LogP) is 4.56. The van der Waals surface area contributed by atoms with Gasteiger partial charge in [0.2, 0.25) is 5.91 Å². The van der Waals surface area contributed by atoms with Crippen LogP contribution >= 0.6 is 0 Å². The van der Waals surface area contributed by atoms with Crippen molar-refractivity contribution in [1.29, 1.82) is 0 Å². The van der Waals surface area contributed by atoms with Crippen molar-refractivity contribution in [3.8, 4) is 5.75 Å². The highest BCUT2D eigenvalue weighted by molar-refractivity contribution is 5.90. The third kappa shape index (κ3) is 7.66. The summed E-state index contributed by atoms with van der Waals surface area (Å²) in [5.41, 5.74) is -0.153. The number of piperidine rings is 1. The Kier molecular flexibility index (Phi) is 6.79. The molecule has 0 aliphatic carbocycles. The SMILES string of the molecule is CC(C)(C)OC(=O)N1CCC(CC(=O)Nc2ccc(OC(F)(F)F)cc2)CC1. The van der Waals surface area contributed by atoms with Gasteiger partial charge >= 0.3 is 12.5 Å². The molecular formula is C19H25F3N2O4. The number of rotatable bonds is 4. The van der Waals surface area contributed by atoms with Crippen LogP contribution in [0.5, 0.6) is 5.75 Å². The van der Waals surface area contributed by atoms with Crippen LogP contribution in [0.2, 0.25) is 0 Å². The van der Waals surface area contributed by atoms with Crippen LogP contribution in [-0.4, -0.2) is 42.0 Å². The van der Waals surface area contributed by atoms with E-state index in [1.807, 2.05) is 20.8 Å². The number of nitrogens with one attached hydrogen (secondary N) is 1. The van der Waals surface area contributed by atoms with Gasteiger partial charge in [0.25, 0.3) is 0 Å². The first-order valence-electron chi connectivity index (χ1n) is 9.05. The summed E-state index contributed by atoms with van der Waals surface area (Å²) in [6.07, 6.45) is -3.45. The number of ether oxygens (including phenoxy) is 2. The van der Waals surface area contributed by atoms with Crippen molar-refractivity contribution >= 4 is 17.7 Å².